The summed E-state index contributed by atoms with van der Waals surface area (Å²) in [4.78, 5) is 10.2. The van der Waals surface area contributed by atoms with Crippen LogP contribution in [0, 0.1) is 10.1 Å². The van der Waals surface area contributed by atoms with Gasteiger partial charge in [0.05, 0.1) is 4.92 Å². The van der Waals surface area contributed by atoms with E-state index in [0.29, 0.717) is 23.7 Å². The van der Waals surface area contributed by atoms with Gasteiger partial charge in [-0.2, -0.15) is 8.78 Å². The molecule has 1 rings (SSSR count). The molecular formula is C10H10BrF2NO3. The highest BCUT2D eigenvalue weighted by atomic mass is 79.9. The number of hydrogen-bond donors (Lipinski definition) is 0. The maximum absolute atomic E-state index is 12.1. The third-order valence-corrected chi connectivity index (χ3v) is 2.62. The van der Waals surface area contributed by atoms with Gasteiger partial charge in [-0.25, -0.2) is 0 Å². The number of rotatable bonds is 6. The summed E-state index contributed by atoms with van der Waals surface area (Å²) in [7, 11) is 0. The fourth-order valence-corrected chi connectivity index (χ4v) is 1.71. The van der Waals surface area contributed by atoms with E-state index in [1.807, 2.05) is 0 Å². The lowest BCUT2D eigenvalue weighted by molar-refractivity contribution is -0.387. The predicted octanol–water partition coefficient (Wildman–Crippen LogP) is 3.52. The van der Waals surface area contributed by atoms with Crippen LogP contribution in [-0.4, -0.2) is 16.9 Å². The molecule has 0 saturated carbocycles. The van der Waals surface area contributed by atoms with Gasteiger partial charge in [0.25, 0.3) is 0 Å². The van der Waals surface area contributed by atoms with Crippen molar-refractivity contribution in [1.29, 1.82) is 0 Å². The van der Waals surface area contributed by atoms with Gasteiger partial charge in [-0.05, 0) is 18.9 Å². The highest BCUT2D eigenvalue weighted by Crippen LogP contribution is 2.32. The molecule has 4 nitrogen and oxygen atoms in total. The third-order valence-electron chi connectivity index (χ3n) is 2.06. The van der Waals surface area contributed by atoms with E-state index in [0.717, 1.165) is 0 Å². The first kappa shape index (κ1) is 13.8. The van der Waals surface area contributed by atoms with Gasteiger partial charge in [-0.15, -0.1) is 0 Å². The molecule has 0 aliphatic carbocycles. The van der Waals surface area contributed by atoms with Gasteiger partial charge in [0.15, 0.2) is 0 Å². The van der Waals surface area contributed by atoms with Gasteiger partial charge in [-0.3, -0.25) is 10.1 Å². The molecule has 1 aromatic carbocycles. The highest BCUT2D eigenvalue weighted by Gasteiger charge is 2.22. The Balaban J connectivity index is 3.08. The second-order valence-electron chi connectivity index (χ2n) is 3.19. The molecule has 0 spiro atoms. The van der Waals surface area contributed by atoms with Crippen molar-refractivity contribution in [3.8, 4) is 5.75 Å². The fraction of sp³-hybridized carbons (Fsp3) is 0.400. The minimum atomic E-state index is -3.07. The molecule has 0 heterocycles. The van der Waals surface area contributed by atoms with Gasteiger partial charge in [0, 0.05) is 10.9 Å². The summed E-state index contributed by atoms with van der Waals surface area (Å²) < 4.78 is 28.3. The number of alkyl halides is 3. The molecule has 17 heavy (non-hydrogen) atoms. The molecule has 94 valence electrons. The van der Waals surface area contributed by atoms with Gasteiger partial charge in [0.2, 0.25) is 5.75 Å². The van der Waals surface area contributed by atoms with Gasteiger partial charge in [0.1, 0.15) is 0 Å². The molecule has 7 heteroatoms. The standard InChI is InChI=1S/C10H10BrF2NO3/c11-6-2-4-7-3-1-5-8(17-10(12)13)9(7)14(15)16/h1,3,5,10H,2,4,6H2. The SMILES string of the molecule is O=[N+]([O-])c1c(CCCBr)cccc1OC(F)F. The zero-order valence-corrected chi connectivity index (χ0v) is 10.3. The van der Waals surface area contributed by atoms with Crippen LogP contribution in [0.2, 0.25) is 0 Å². The second-order valence-corrected chi connectivity index (χ2v) is 3.99. The predicted molar refractivity (Wildman–Crippen MR) is 61.8 cm³/mol. The number of nitro groups is 1. The lowest BCUT2D eigenvalue weighted by Crippen LogP contribution is -2.06. The van der Waals surface area contributed by atoms with Crippen LogP contribution in [0.4, 0.5) is 14.5 Å². The number of para-hydroxylation sites is 1. The van der Waals surface area contributed by atoms with Gasteiger partial charge < -0.3 is 4.74 Å². The third kappa shape index (κ3) is 3.92. The Hall–Kier alpha value is -1.24. The first-order valence-corrected chi connectivity index (χ1v) is 5.95. The van der Waals surface area contributed by atoms with Crippen LogP contribution in [0.5, 0.6) is 5.75 Å². The van der Waals surface area contributed by atoms with Crippen LogP contribution in [0.15, 0.2) is 18.2 Å². The molecule has 0 amide bonds. The highest BCUT2D eigenvalue weighted by molar-refractivity contribution is 9.09. The molecule has 1 aromatic rings. The zero-order valence-electron chi connectivity index (χ0n) is 8.74. The molecule has 0 aromatic heterocycles. The van der Waals surface area contributed by atoms with E-state index in [-0.39, 0.29) is 5.69 Å². The number of nitrogens with zero attached hydrogens (tertiary/aromatic N) is 1. The van der Waals surface area contributed by atoms with Crippen LogP contribution < -0.4 is 4.74 Å². The number of nitro benzene ring substituents is 1. The van der Waals surface area contributed by atoms with Crippen LogP contribution in [0.3, 0.4) is 0 Å². The number of benzene rings is 1. The lowest BCUT2D eigenvalue weighted by atomic mass is 10.1. The Bertz CT molecular complexity index is 401. The van der Waals surface area contributed by atoms with E-state index in [1.165, 1.54) is 12.1 Å². The number of aryl methyl sites for hydroxylation is 1. The molecule has 0 saturated heterocycles. The Morgan fingerprint density at radius 3 is 2.71 bits per heavy atom. The molecular weight excluding hydrogens is 300 g/mol. The van der Waals surface area contributed by atoms with Crippen molar-refractivity contribution in [2.75, 3.05) is 5.33 Å². The summed E-state index contributed by atoms with van der Waals surface area (Å²) in [5.74, 6) is -0.392. The monoisotopic (exact) mass is 309 g/mol. The van der Waals surface area contributed by atoms with Crippen LogP contribution >= 0.6 is 15.9 Å². The summed E-state index contributed by atoms with van der Waals surface area (Å²) >= 11 is 3.21. The van der Waals surface area contributed by atoms with E-state index in [2.05, 4.69) is 20.7 Å². The molecule has 0 aliphatic heterocycles. The maximum atomic E-state index is 12.1. The zero-order chi connectivity index (χ0) is 12.8. The van der Waals surface area contributed by atoms with E-state index in [9.17, 15) is 18.9 Å². The van der Waals surface area contributed by atoms with Gasteiger partial charge >= 0.3 is 12.3 Å². The van der Waals surface area contributed by atoms with E-state index >= 15 is 0 Å². The van der Waals surface area contributed by atoms with Crippen molar-refractivity contribution in [1.82, 2.24) is 0 Å². The topological polar surface area (TPSA) is 52.4 Å². The van der Waals surface area contributed by atoms with E-state index in [1.54, 1.807) is 6.07 Å². The Morgan fingerprint density at radius 2 is 2.18 bits per heavy atom. The molecule has 0 fully saturated rings. The van der Waals surface area contributed by atoms with Crippen molar-refractivity contribution >= 4 is 21.6 Å². The number of halogens is 3. The first-order valence-electron chi connectivity index (χ1n) is 4.83. The summed E-state index contributed by atoms with van der Waals surface area (Å²) in [5.41, 5.74) is 0.0151. The smallest absolute Gasteiger partial charge is 0.387 e. The largest absolute Gasteiger partial charge is 0.427 e. The molecule has 0 aliphatic rings. The summed E-state index contributed by atoms with van der Waals surface area (Å²) in [6, 6.07) is 4.18. The average molecular weight is 310 g/mol. The Morgan fingerprint density at radius 1 is 1.47 bits per heavy atom. The minimum absolute atomic E-state index is 0.381. The Labute approximate surface area is 105 Å². The molecule has 0 radical (unpaired) electrons. The molecule has 0 bridgehead atoms. The fourth-order valence-electron chi connectivity index (χ4n) is 1.43. The lowest BCUT2D eigenvalue weighted by Gasteiger charge is -2.08. The van der Waals surface area contributed by atoms with Crippen molar-refractivity contribution in [2.45, 2.75) is 19.5 Å². The van der Waals surface area contributed by atoms with Gasteiger partial charge in [-0.1, -0.05) is 28.1 Å². The van der Waals surface area contributed by atoms with Crippen molar-refractivity contribution in [3.05, 3.63) is 33.9 Å². The maximum Gasteiger partial charge on any atom is 0.387 e. The van der Waals surface area contributed by atoms with Crippen molar-refractivity contribution < 1.29 is 18.4 Å². The first-order chi connectivity index (χ1) is 8.06. The van der Waals surface area contributed by atoms with E-state index < -0.39 is 17.3 Å². The normalized spacial score (nSPS) is 10.6. The number of hydrogen-bond acceptors (Lipinski definition) is 3. The van der Waals surface area contributed by atoms with Crippen molar-refractivity contribution in [2.24, 2.45) is 0 Å². The molecule has 0 unspecified atom stereocenters. The Kier molecular flexibility index (Phi) is 5.27. The van der Waals surface area contributed by atoms with Crippen LogP contribution in [0.1, 0.15) is 12.0 Å². The second kappa shape index (κ2) is 6.48. The van der Waals surface area contributed by atoms with E-state index in [4.69, 9.17) is 0 Å². The van der Waals surface area contributed by atoms with Crippen LogP contribution in [0.25, 0.3) is 0 Å². The number of ether oxygens (including phenoxy) is 1. The van der Waals surface area contributed by atoms with Crippen molar-refractivity contribution in [3.63, 3.8) is 0 Å². The summed E-state index contributed by atoms with van der Waals surface area (Å²) in [6.07, 6.45) is 1.11. The van der Waals surface area contributed by atoms with Crippen LogP contribution in [-0.2, 0) is 6.42 Å². The average Bonchev–Trinajstić information content (AvgIpc) is 2.25. The quantitative estimate of drug-likeness (QED) is 0.459. The molecule has 0 N–H and O–H groups in total. The minimum Gasteiger partial charge on any atom is -0.427 e. The summed E-state index contributed by atoms with van der Waals surface area (Å²) in [5, 5.41) is 11.5. The molecule has 0 atom stereocenters. The summed E-state index contributed by atoms with van der Waals surface area (Å²) in [6.45, 7) is -3.07.